The van der Waals surface area contributed by atoms with Crippen LogP contribution in [0.3, 0.4) is 0 Å². The lowest BCUT2D eigenvalue weighted by Gasteiger charge is -2.39. The lowest BCUT2D eigenvalue weighted by Crippen LogP contribution is -2.46. The largest absolute Gasteiger partial charge is 0.479 e. The number of alkyl halides is 1. The van der Waals surface area contributed by atoms with E-state index in [-0.39, 0.29) is 19.3 Å². The van der Waals surface area contributed by atoms with Crippen LogP contribution in [0.1, 0.15) is 50.3 Å². The highest BCUT2D eigenvalue weighted by Gasteiger charge is 2.54. The van der Waals surface area contributed by atoms with Gasteiger partial charge in [-0.25, -0.2) is 22.9 Å². The number of carbonyl (C=O) groups is 1. The predicted molar refractivity (Wildman–Crippen MR) is 117 cm³/mol. The van der Waals surface area contributed by atoms with Crippen LogP contribution in [-0.2, 0) is 10.2 Å². The van der Waals surface area contributed by atoms with Gasteiger partial charge in [0.2, 0.25) is 5.67 Å². The molecular formula is C24H20F3N5O2. The summed E-state index contributed by atoms with van der Waals surface area (Å²) in [6.45, 7) is 3.66. The number of nitrogens with zero attached hydrogens (tertiary/aromatic N) is 4. The smallest absolute Gasteiger partial charge is 0.341 e. The van der Waals surface area contributed by atoms with Crippen LogP contribution >= 0.6 is 0 Å². The van der Waals surface area contributed by atoms with E-state index in [9.17, 15) is 28.3 Å². The van der Waals surface area contributed by atoms with Crippen molar-refractivity contribution < 1.29 is 23.1 Å². The van der Waals surface area contributed by atoms with Gasteiger partial charge in [-0.2, -0.15) is 10.4 Å². The van der Waals surface area contributed by atoms with Gasteiger partial charge < -0.3 is 9.67 Å². The summed E-state index contributed by atoms with van der Waals surface area (Å²) in [7, 11) is 0. The topological polar surface area (TPSA) is 108 Å². The van der Waals surface area contributed by atoms with E-state index in [1.807, 2.05) is 13.8 Å². The normalized spacial score (nSPS) is 20.4. The second-order valence-electron chi connectivity index (χ2n) is 9.45. The van der Waals surface area contributed by atoms with Gasteiger partial charge in [-0.15, -0.1) is 0 Å². The number of carboxylic acid groups (broad SMARTS) is 1. The number of fused-ring (bicyclic) bond motifs is 2. The maximum atomic E-state index is 14.8. The van der Waals surface area contributed by atoms with E-state index >= 15 is 0 Å². The fourth-order valence-electron chi connectivity index (χ4n) is 4.92. The Hall–Kier alpha value is -3.87. The van der Waals surface area contributed by atoms with Crippen molar-refractivity contribution in [3.8, 4) is 11.8 Å². The van der Waals surface area contributed by atoms with Crippen LogP contribution in [0.2, 0.25) is 0 Å². The van der Waals surface area contributed by atoms with Crippen molar-refractivity contribution in [1.29, 1.82) is 5.26 Å². The van der Waals surface area contributed by atoms with Gasteiger partial charge in [0.1, 0.15) is 0 Å². The van der Waals surface area contributed by atoms with Crippen molar-refractivity contribution in [3.63, 3.8) is 0 Å². The van der Waals surface area contributed by atoms with Crippen LogP contribution < -0.4 is 0 Å². The summed E-state index contributed by atoms with van der Waals surface area (Å²) in [6, 6.07) is 7.44. The summed E-state index contributed by atoms with van der Waals surface area (Å²) in [4.78, 5) is 16.1. The Morgan fingerprint density at radius 1 is 1.32 bits per heavy atom. The Balaban J connectivity index is 1.87. The molecule has 0 unspecified atom stereocenters. The first-order valence-electron chi connectivity index (χ1n) is 10.7. The number of rotatable bonds is 5. The average Bonchev–Trinajstić information content (AvgIpc) is 3.33. The predicted octanol–water partition coefficient (Wildman–Crippen LogP) is 5.04. The van der Waals surface area contributed by atoms with Crippen LogP contribution in [0.5, 0.6) is 0 Å². The van der Waals surface area contributed by atoms with E-state index in [1.54, 1.807) is 16.8 Å². The number of carboxylic acids is 1. The van der Waals surface area contributed by atoms with Gasteiger partial charge in [0.15, 0.2) is 17.3 Å². The Bertz CT molecular complexity index is 1510. The minimum atomic E-state index is -2.35. The van der Waals surface area contributed by atoms with Gasteiger partial charge in [-0.05, 0) is 37.0 Å². The number of nitrogens with one attached hydrogen (secondary N) is 1. The minimum absolute atomic E-state index is 0.0752. The molecule has 34 heavy (non-hydrogen) atoms. The molecule has 3 heterocycles. The first-order valence-corrected chi connectivity index (χ1v) is 10.7. The summed E-state index contributed by atoms with van der Waals surface area (Å²) >= 11 is 0. The van der Waals surface area contributed by atoms with Gasteiger partial charge in [-0.3, -0.25) is 5.10 Å². The molecule has 174 valence electrons. The molecular weight excluding hydrogens is 447 g/mol. The summed E-state index contributed by atoms with van der Waals surface area (Å²) in [6.07, 6.45) is 1.14. The Labute approximate surface area is 191 Å². The number of hydrogen-bond acceptors (Lipinski definition) is 4. The number of nitriles is 1. The third-order valence-electron chi connectivity index (χ3n) is 6.64. The zero-order valence-electron chi connectivity index (χ0n) is 18.4. The van der Waals surface area contributed by atoms with Crippen molar-refractivity contribution >= 4 is 28.0 Å². The molecule has 0 radical (unpaired) electrons. The third kappa shape index (κ3) is 3.15. The molecule has 1 aliphatic rings. The molecule has 3 aromatic heterocycles. The maximum Gasteiger partial charge on any atom is 0.341 e. The van der Waals surface area contributed by atoms with Gasteiger partial charge in [0.05, 0.1) is 23.3 Å². The Morgan fingerprint density at radius 2 is 2.06 bits per heavy atom. The average molecular weight is 467 g/mol. The molecule has 4 aromatic rings. The van der Waals surface area contributed by atoms with Crippen molar-refractivity contribution in [1.82, 2.24) is 19.7 Å². The highest BCUT2D eigenvalue weighted by Crippen LogP contribution is 2.53. The molecule has 0 aliphatic heterocycles. The molecule has 0 saturated heterocycles. The molecule has 2 N–H and O–H groups in total. The van der Waals surface area contributed by atoms with Gasteiger partial charge >= 0.3 is 5.97 Å². The number of halogens is 3. The van der Waals surface area contributed by atoms with Crippen molar-refractivity contribution in [2.24, 2.45) is 0 Å². The molecule has 0 spiro atoms. The van der Waals surface area contributed by atoms with Gasteiger partial charge in [-0.1, -0.05) is 13.8 Å². The van der Waals surface area contributed by atoms with E-state index in [4.69, 9.17) is 4.98 Å². The lowest BCUT2D eigenvalue weighted by atomic mass is 9.67. The molecule has 1 saturated carbocycles. The number of aromatic amines is 1. The number of H-pyrrole nitrogens is 1. The number of aromatic nitrogens is 4. The molecule has 0 bridgehead atoms. The molecule has 1 aromatic carbocycles. The van der Waals surface area contributed by atoms with Gasteiger partial charge in [0.25, 0.3) is 0 Å². The SMILES string of the molecule is CC(C)(CC#N)c1c(C2CC(F)(C(=O)O)C2)c2nc3[nH]ncc3cc2n1-c1ccc(F)c(F)c1. The molecule has 7 nitrogen and oxygen atoms in total. The third-order valence-corrected chi connectivity index (χ3v) is 6.64. The maximum absolute atomic E-state index is 14.8. The van der Waals surface area contributed by atoms with Crippen LogP contribution in [0.4, 0.5) is 13.2 Å². The second-order valence-corrected chi connectivity index (χ2v) is 9.45. The summed E-state index contributed by atoms with van der Waals surface area (Å²) < 4.78 is 44.5. The molecule has 10 heteroatoms. The molecule has 0 atom stereocenters. The first kappa shape index (κ1) is 21.9. The van der Waals surface area contributed by atoms with Crippen LogP contribution in [0.15, 0.2) is 30.5 Å². The van der Waals surface area contributed by atoms with Crippen molar-refractivity contribution in [2.45, 2.75) is 50.1 Å². The molecule has 0 amide bonds. The van der Waals surface area contributed by atoms with E-state index in [0.29, 0.717) is 39.0 Å². The standard InChI is InChI=1S/C24H20F3N5O2/c1-23(2,5-6-28)20-18(13-9-24(27,10-13)22(33)34)19-17(7-12-11-29-31-21(12)30-19)32(20)14-3-4-15(25)16(26)8-14/h3-4,7-8,11,13H,5,9-10H2,1-2H3,(H,33,34)(H,29,30,31). The molecule has 5 rings (SSSR count). The number of aliphatic carboxylic acids is 1. The highest BCUT2D eigenvalue weighted by molar-refractivity contribution is 5.94. The summed E-state index contributed by atoms with van der Waals surface area (Å²) in [5.41, 5.74) is -0.168. The monoisotopic (exact) mass is 467 g/mol. The van der Waals surface area contributed by atoms with Crippen LogP contribution in [-0.4, -0.2) is 36.5 Å². The lowest BCUT2D eigenvalue weighted by molar-refractivity contribution is -0.158. The summed E-state index contributed by atoms with van der Waals surface area (Å²) in [5.74, 6) is -4.05. The Kier molecular flexibility index (Phi) is 4.72. The van der Waals surface area contributed by atoms with E-state index < -0.39 is 34.6 Å². The number of hydrogen-bond donors (Lipinski definition) is 2. The van der Waals surface area contributed by atoms with Crippen LogP contribution in [0, 0.1) is 23.0 Å². The highest BCUT2D eigenvalue weighted by atomic mass is 19.2. The van der Waals surface area contributed by atoms with E-state index in [0.717, 1.165) is 12.1 Å². The quantitative estimate of drug-likeness (QED) is 0.428. The second kappa shape index (κ2) is 7.32. The fourth-order valence-corrected chi connectivity index (χ4v) is 4.92. The number of benzene rings is 1. The minimum Gasteiger partial charge on any atom is -0.479 e. The zero-order valence-corrected chi connectivity index (χ0v) is 18.4. The van der Waals surface area contributed by atoms with E-state index in [1.165, 1.54) is 6.07 Å². The Morgan fingerprint density at radius 3 is 2.71 bits per heavy atom. The van der Waals surface area contributed by atoms with Crippen LogP contribution in [0.25, 0.3) is 27.8 Å². The van der Waals surface area contributed by atoms with E-state index in [2.05, 4.69) is 16.3 Å². The first-order chi connectivity index (χ1) is 16.1. The zero-order chi connectivity index (χ0) is 24.4. The summed E-state index contributed by atoms with van der Waals surface area (Å²) in [5, 5.41) is 26.3. The van der Waals surface area contributed by atoms with Gasteiger partial charge in [0, 0.05) is 40.2 Å². The van der Waals surface area contributed by atoms with Crippen molar-refractivity contribution in [2.75, 3.05) is 0 Å². The number of pyridine rings is 1. The fraction of sp³-hybridized carbons (Fsp3) is 0.333. The molecule has 1 fully saturated rings. The van der Waals surface area contributed by atoms with Crippen molar-refractivity contribution in [3.05, 3.63) is 53.4 Å². The molecule has 1 aliphatic carbocycles.